The summed E-state index contributed by atoms with van der Waals surface area (Å²) in [5.41, 5.74) is 0.466. The summed E-state index contributed by atoms with van der Waals surface area (Å²) in [6, 6.07) is 2.74. The first kappa shape index (κ1) is 10.8. The number of thiazole rings is 1. The van der Waals surface area contributed by atoms with Crippen LogP contribution in [0.15, 0.2) is 21.9 Å². The van der Waals surface area contributed by atoms with Gasteiger partial charge in [0.2, 0.25) is 5.76 Å². The Morgan fingerprint density at radius 2 is 2.31 bits per heavy atom. The van der Waals surface area contributed by atoms with E-state index < -0.39 is 12.1 Å². The van der Waals surface area contributed by atoms with Crippen LogP contribution in [0.1, 0.15) is 33.1 Å². The minimum Gasteiger partial charge on any atom is -0.475 e. The third-order valence-electron chi connectivity index (χ3n) is 2.02. The van der Waals surface area contributed by atoms with E-state index in [0.29, 0.717) is 5.69 Å². The molecule has 2 aromatic rings. The van der Waals surface area contributed by atoms with Gasteiger partial charge in [0.1, 0.15) is 5.76 Å². The molecule has 2 N–H and O–H groups in total. The Morgan fingerprint density at radius 1 is 1.56 bits per heavy atom. The molecule has 0 aliphatic heterocycles. The number of furan rings is 1. The average Bonchev–Trinajstić information content (AvgIpc) is 2.84. The van der Waals surface area contributed by atoms with Crippen LogP contribution >= 0.6 is 11.3 Å². The van der Waals surface area contributed by atoms with Crippen molar-refractivity contribution < 1.29 is 19.4 Å². The molecule has 0 saturated heterocycles. The molecule has 16 heavy (non-hydrogen) atoms. The van der Waals surface area contributed by atoms with Gasteiger partial charge >= 0.3 is 5.97 Å². The van der Waals surface area contributed by atoms with Crippen molar-refractivity contribution in [3.8, 4) is 0 Å². The highest BCUT2D eigenvalue weighted by Crippen LogP contribution is 2.24. The zero-order chi connectivity index (χ0) is 11.7. The Balaban J connectivity index is 2.26. The number of aromatic carboxylic acids is 1. The van der Waals surface area contributed by atoms with Crippen molar-refractivity contribution in [2.45, 2.75) is 13.0 Å². The van der Waals surface area contributed by atoms with E-state index in [1.54, 1.807) is 5.38 Å². The van der Waals surface area contributed by atoms with Crippen LogP contribution in [0, 0.1) is 6.92 Å². The van der Waals surface area contributed by atoms with Gasteiger partial charge < -0.3 is 14.6 Å². The van der Waals surface area contributed by atoms with Crippen LogP contribution in [-0.4, -0.2) is 21.2 Å². The molecule has 0 bridgehead atoms. The molecular formula is C10H9NO4S. The molecule has 0 saturated carbocycles. The van der Waals surface area contributed by atoms with Crippen molar-refractivity contribution in [1.82, 2.24) is 4.98 Å². The molecular weight excluding hydrogens is 230 g/mol. The predicted octanol–water partition coefficient (Wildman–Crippen LogP) is 1.82. The standard InChI is InChI=1S/C10H9NO4S/c1-5-11-6(4-16-5)9(12)7-2-3-8(15-7)10(13)14/h2-4,9,12H,1H3,(H,13,14). The molecule has 0 fully saturated rings. The highest BCUT2D eigenvalue weighted by molar-refractivity contribution is 7.09. The van der Waals surface area contributed by atoms with Crippen LogP contribution < -0.4 is 0 Å². The summed E-state index contributed by atoms with van der Waals surface area (Å²) < 4.78 is 4.99. The average molecular weight is 239 g/mol. The summed E-state index contributed by atoms with van der Waals surface area (Å²) >= 11 is 1.41. The Bertz CT molecular complexity index is 516. The summed E-state index contributed by atoms with van der Waals surface area (Å²) in [6.45, 7) is 1.83. The molecule has 0 aromatic carbocycles. The second-order valence-electron chi connectivity index (χ2n) is 3.20. The Hall–Kier alpha value is -1.66. The molecule has 0 spiro atoms. The number of rotatable bonds is 3. The third kappa shape index (κ3) is 1.98. The quantitative estimate of drug-likeness (QED) is 0.853. The first-order valence-corrected chi connectivity index (χ1v) is 5.39. The number of hydrogen-bond donors (Lipinski definition) is 2. The highest BCUT2D eigenvalue weighted by atomic mass is 32.1. The van der Waals surface area contributed by atoms with Gasteiger partial charge in [0.25, 0.3) is 0 Å². The molecule has 84 valence electrons. The van der Waals surface area contributed by atoms with Gasteiger partial charge in [0.15, 0.2) is 6.10 Å². The summed E-state index contributed by atoms with van der Waals surface area (Å²) in [5.74, 6) is -1.17. The highest BCUT2D eigenvalue weighted by Gasteiger charge is 2.19. The lowest BCUT2D eigenvalue weighted by atomic mass is 10.2. The fraction of sp³-hybridized carbons (Fsp3) is 0.200. The van der Waals surface area contributed by atoms with Crippen molar-refractivity contribution in [2.24, 2.45) is 0 Å². The minimum absolute atomic E-state index is 0.183. The lowest BCUT2D eigenvalue weighted by molar-refractivity contribution is 0.0654. The number of aliphatic hydroxyl groups excluding tert-OH is 1. The third-order valence-corrected chi connectivity index (χ3v) is 2.82. The minimum atomic E-state index is -1.16. The maximum absolute atomic E-state index is 10.6. The maximum Gasteiger partial charge on any atom is 0.371 e. The number of carboxylic acid groups (broad SMARTS) is 1. The second-order valence-corrected chi connectivity index (χ2v) is 4.26. The normalized spacial score (nSPS) is 12.6. The van der Waals surface area contributed by atoms with Crippen LogP contribution in [-0.2, 0) is 0 Å². The van der Waals surface area contributed by atoms with E-state index in [1.807, 2.05) is 6.92 Å². The number of aromatic nitrogens is 1. The van der Waals surface area contributed by atoms with Crippen molar-refractivity contribution >= 4 is 17.3 Å². The summed E-state index contributed by atoms with van der Waals surface area (Å²) in [7, 11) is 0. The zero-order valence-corrected chi connectivity index (χ0v) is 9.19. The van der Waals surface area contributed by atoms with E-state index in [9.17, 15) is 9.90 Å². The monoisotopic (exact) mass is 239 g/mol. The molecule has 0 aliphatic carbocycles. The Kier molecular flexibility index (Phi) is 2.76. The van der Waals surface area contributed by atoms with E-state index in [0.717, 1.165) is 5.01 Å². The van der Waals surface area contributed by atoms with Crippen LogP contribution in [0.5, 0.6) is 0 Å². The van der Waals surface area contributed by atoms with E-state index in [1.165, 1.54) is 23.5 Å². The largest absolute Gasteiger partial charge is 0.475 e. The van der Waals surface area contributed by atoms with Crippen LogP contribution in [0.2, 0.25) is 0 Å². The van der Waals surface area contributed by atoms with Gasteiger partial charge in [-0.3, -0.25) is 0 Å². The molecule has 1 atom stereocenters. The van der Waals surface area contributed by atoms with Gasteiger partial charge in [0.05, 0.1) is 10.7 Å². The number of carbonyl (C=O) groups is 1. The van der Waals surface area contributed by atoms with Crippen molar-refractivity contribution in [1.29, 1.82) is 0 Å². The molecule has 0 aliphatic rings. The fourth-order valence-electron chi connectivity index (χ4n) is 1.27. The molecule has 2 rings (SSSR count). The van der Waals surface area contributed by atoms with Crippen molar-refractivity contribution in [3.63, 3.8) is 0 Å². The van der Waals surface area contributed by atoms with Gasteiger partial charge in [0, 0.05) is 5.38 Å². The van der Waals surface area contributed by atoms with E-state index in [4.69, 9.17) is 9.52 Å². The smallest absolute Gasteiger partial charge is 0.371 e. The first-order valence-electron chi connectivity index (χ1n) is 4.51. The number of nitrogens with zero attached hydrogens (tertiary/aromatic N) is 1. The molecule has 1 unspecified atom stereocenters. The number of aryl methyl sites for hydroxylation is 1. The summed E-state index contributed by atoms with van der Waals surface area (Å²) in [5, 5.41) is 21.1. The molecule has 6 heteroatoms. The number of aliphatic hydroxyl groups is 1. The van der Waals surface area contributed by atoms with Crippen molar-refractivity contribution in [2.75, 3.05) is 0 Å². The molecule has 0 amide bonds. The molecule has 2 aromatic heterocycles. The van der Waals surface area contributed by atoms with E-state index in [2.05, 4.69) is 4.98 Å². The second kappa shape index (κ2) is 4.07. The van der Waals surface area contributed by atoms with Crippen LogP contribution in [0.4, 0.5) is 0 Å². The topological polar surface area (TPSA) is 83.6 Å². The predicted molar refractivity (Wildman–Crippen MR) is 56.6 cm³/mol. The van der Waals surface area contributed by atoms with Gasteiger partial charge in [-0.05, 0) is 19.1 Å². The SMILES string of the molecule is Cc1nc(C(O)c2ccc(C(=O)O)o2)cs1. The van der Waals surface area contributed by atoms with Gasteiger partial charge in [-0.25, -0.2) is 9.78 Å². The number of hydrogen-bond acceptors (Lipinski definition) is 5. The Labute approximate surface area is 95.0 Å². The van der Waals surface area contributed by atoms with Gasteiger partial charge in [-0.1, -0.05) is 0 Å². The summed E-state index contributed by atoms with van der Waals surface area (Å²) in [4.78, 5) is 14.7. The first-order chi connectivity index (χ1) is 7.58. The number of carboxylic acids is 1. The maximum atomic E-state index is 10.6. The lowest BCUT2D eigenvalue weighted by Gasteiger charge is -2.02. The summed E-state index contributed by atoms with van der Waals surface area (Å²) in [6.07, 6.45) is -1.02. The van der Waals surface area contributed by atoms with Crippen LogP contribution in [0.25, 0.3) is 0 Å². The van der Waals surface area contributed by atoms with Crippen LogP contribution in [0.3, 0.4) is 0 Å². The van der Waals surface area contributed by atoms with Gasteiger partial charge in [-0.15, -0.1) is 11.3 Å². The molecule has 0 radical (unpaired) electrons. The fourth-order valence-corrected chi connectivity index (χ4v) is 1.90. The van der Waals surface area contributed by atoms with Crippen molar-refractivity contribution in [3.05, 3.63) is 39.7 Å². The Morgan fingerprint density at radius 3 is 2.81 bits per heavy atom. The zero-order valence-electron chi connectivity index (χ0n) is 8.38. The van der Waals surface area contributed by atoms with E-state index in [-0.39, 0.29) is 11.5 Å². The molecule has 2 heterocycles. The lowest BCUT2D eigenvalue weighted by Crippen LogP contribution is -1.99. The molecule has 5 nitrogen and oxygen atoms in total. The van der Waals surface area contributed by atoms with E-state index >= 15 is 0 Å². The van der Waals surface area contributed by atoms with Gasteiger partial charge in [-0.2, -0.15) is 0 Å².